The van der Waals surface area contributed by atoms with Crippen LogP contribution in [0.1, 0.15) is 6.92 Å². The molecule has 0 aliphatic rings. The van der Waals surface area contributed by atoms with Crippen LogP contribution in [0.25, 0.3) is 0 Å². The summed E-state index contributed by atoms with van der Waals surface area (Å²) in [6.45, 7) is 5.58. The molecule has 0 rings (SSSR count). The van der Waals surface area contributed by atoms with Crippen molar-refractivity contribution < 1.29 is 9.66 Å². The van der Waals surface area contributed by atoms with Gasteiger partial charge in [0.05, 0.1) is 17.6 Å². The van der Waals surface area contributed by atoms with Crippen LogP contribution in [0.3, 0.4) is 0 Å². The molecule has 0 aromatic rings. The second kappa shape index (κ2) is 5.61. The van der Waals surface area contributed by atoms with Crippen LogP contribution >= 0.6 is 0 Å². The highest BCUT2D eigenvalue weighted by Gasteiger charge is 1.96. The maximum Gasteiger partial charge on any atom is 0.233 e. The highest BCUT2D eigenvalue weighted by atomic mass is 16.6. The van der Waals surface area contributed by atoms with Crippen molar-refractivity contribution in [2.24, 2.45) is 0 Å². The molecular formula is C7H11NO3. The average Bonchev–Trinajstić information content (AvgIpc) is 1.97. The molecule has 0 aromatic heterocycles. The Balaban J connectivity index is 3.58. The van der Waals surface area contributed by atoms with Crippen molar-refractivity contribution in [2.45, 2.75) is 13.0 Å². The fraction of sp³-hybridized carbons (Fsp3) is 0.429. The van der Waals surface area contributed by atoms with Crippen LogP contribution < -0.4 is 0 Å². The number of hydrogen-bond donors (Lipinski definition) is 0. The van der Waals surface area contributed by atoms with Gasteiger partial charge in [-0.1, -0.05) is 6.08 Å². The molecule has 0 saturated carbocycles. The van der Waals surface area contributed by atoms with Gasteiger partial charge in [-0.25, -0.2) is 0 Å². The van der Waals surface area contributed by atoms with E-state index in [4.69, 9.17) is 4.74 Å². The predicted molar refractivity (Wildman–Crippen MR) is 41.7 cm³/mol. The van der Waals surface area contributed by atoms with Gasteiger partial charge in [-0.2, -0.15) is 0 Å². The lowest BCUT2D eigenvalue weighted by atomic mass is 10.4. The quantitative estimate of drug-likeness (QED) is 0.344. The van der Waals surface area contributed by atoms with Gasteiger partial charge in [0.2, 0.25) is 6.20 Å². The second-order valence-electron chi connectivity index (χ2n) is 1.95. The Morgan fingerprint density at radius 1 is 1.82 bits per heavy atom. The van der Waals surface area contributed by atoms with E-state index in [0.29, 0.717) is 6.61 Å². The zero-order valence-electron chi connectivity index (χ0n) is 6.40. The molecule has 0 aliphatic heterocycles. The molecule has 0 aromatic carbocycles. The minimum absolute atomic E-state index is 0.238. The van der Waals surface area contributed by atoms with Gasteiger partial charge in [0.15, 0.2) is 0 Å². The molecule has 0 N–H and O–H groups in total. The van der Waals surface area contributed by atoms with E-state index >= 15 is 0 Å². The van der Waals surface area contributed by atoms with Gasteiger partial charge < -0.3 is 4.74 Å². The third-order valence-corrected chi connectivity index (χ3v) is 0.956. The summed E-state index contributed by atoms with van der Waals surface area (Å²) in [6.07, 6.45) is 3.60. The fourth-order valence-electron chi connectivity index (χ4n) is 0.467. The predicted octanol–water partition coefficient (Wildman–Crippen LogP) is 1.37. The minimum Gasteiger partial charge on any atom is -0.370 e. The Bertz CT molecular complexity index is 165. The molecule has 0 spiro atoms. The van der Waals surface area contributed by atoms with E-state index in [9.17, 15) is 10.1 Å². The van der Waals surface area contributed by atoms with Crippen LogP contribution in [0.15, 0.2) is 24.9 Å². The number of rotatable bonds is 5. The zero-order valence-corrected chi connectivity index (χ0v) is 6.40. The van der Waals surface area contributed by atoms with Gasteiger partial charge >= 0.3 is 0 Å². The van der Waals surface area contributed by atoms with Gasteiger partial charge in [-0.15, -0.1) is 6.58 Å². The normalized spacial score (nSPS) is 13.2. The molecule has 0 heterocycles. The van der Waals surface area contributed by atoms with Crippen molar-refractivity contribution in [1.82, 2.24) is 0 Å². The molecule has 4 heteroatoms. The Hall–Kier alpha value is -1.16. The molecule has 0 fully saturated rings. The Morgan fingerprint density at radius 3 is 2.91 bits per heavy atom. The summed E-state index contributed by atoms with van der Waals surface area (Å²) < 4.78 is 5.03. The minimum atomic E-state index is -0.520. The van der Waals surface area contributed by atoms with Crippen molar-refractivity contribution in [3.63, 3.8) is 0 Å². The molecule has 0 saturated heterocycles. The van der Waals surface area contributed by atoms with E-state index in [0.717, 1.165) is 6.20 Å². The second-order valence-corrected chi connectivity index (χ2v) is 1.95. The van der Waals surface area contributed by atoms with Gasteiger partial charge in [0.25, 0.3) is 0 Å². The van der Waals surface area contributed by atoms with Gasteiger partial charge in [-0.05, 0) is 6.92 Å². The number of nitrogens with zero attached hydrogens (tertiary/aromatic N) is 1. The van der Waals surface area contributed by atoms with E-state index in [1.54, 1.807) is 13.0 Å². The van der Waals surface area contributed by atoms with Crippen molar-refractivity contribution in [3.8, 4) is 0 Å². The van der Waals surface area contributed by atoms with Crippen LogP contribution in [0.2, 0.25) is 0 Å². The van der Waals surface area contributed by atoms with Crippen LogP contribution in [-0.4, -0.2) is 17.6 Å². The number of hydrogen-bond acceptors (Lipinski definition) is 3. The van der Waals surface area contributed by atoms with Gasteiger partial charge in [0, 0.05) is 6.08 Å². The third-order valence-electron chi connectivity index (χ3n) is 0.956. The highest BCUT2D eigenvalue weighted by molar-refractivity contribution is 4.81. The number of ether oxygens (including phenoxy) is 1. The van der Waals surface area contributed by atoms with Crippen LogP contribution in [0, 0.1) is 10.1 Å². The van der Waals surface area contributed by atoms with Gasteiger partial charge in [-0.3, -0.25) is 10.1 Å². The summed E-state index contributed by atoms with van der Waals surface area (Å²) in [5.74, 6) is 0. The summed E-state index contributed by atoms with van der Waals surface area (Å²) in [4.78, 5) is 9.30. The summed E-state index contributed by atoms with van der Waals surface area (Å²) in [7, 11) is 0. The molecule has 0 bridgehead atoms. The standard InChI is InChI=1S/C7H11NO3/c1-3-6-11-7(2)4-5-8(9)10/h3-5,7H,1,6H2,2H3/b5-4+. The monoisotopic (exact) mass is 157 g/mol. The van der Waals surface area contributed by atoms with Gasteiger partial charge in [0.1, 0.15) is 0 Å². The largest absolute Gasteiger partial charge is 0.370 e. The molecule has 0 amide bonds. The lowest BCUT2D eigenvalue weighted by Crippen LogP contribution is -2.04. The Kier molecular flexibility index (Phi) is 5.02. The maximum atomic E-state index is 9.82. The van der Waals surface area contributed by atoms with E-state index in [1.165, 1.54) is 6.08 Å². The third kappa shape index (κ3) is 6.73. The molecule has 62 valence electrons. The summed E-state index contributed by atoms with van der Waals surface area (Å²) in [5, 5.41) is 9.82. The summed E-state index contributed by atoms with van der Waals surface area (Å²) >= 11 is 0. The van der Waals surface area contributed by atoms with Crippen molar-refractivity contribution in [3.05, 3.63) is 35.0 Å². The van der Waals surface area contributed by atoms with E-state index in [-0.39, 0.29) is 6.10 Å². The fourth-order valence-corrected chi connectivity index (χ4v) is 0.467. The zero-order chi connectivity index (χ0) is 8.69. The smallest absolute Gasteiger partial charge is 0.233 e. The molecule has 11 heavy (non-hydrogen) atoms. The maximum absolute atomic E-state index is 9.82. The first-order valence-corrected chi connectivity index (χ1v) is 3.21. The van der Waals surface area contributed by atoms with Crippen molar-refractivity contribution >= 4 is 0 Å². The molecule has 4 nitrogen and oxygen atoms in total. The van der Waals surface area contributed by atoms with E-state index < -0.39 is 4.92 Å². The summed E-state index contributed by atoms with van der Waals surface area (Å²) in [5.41, 5.74) is 0. The van der Waals surface area contributed by atoms with E-state index in [2.05, 4.69) is 6.58 Å². The summed E-state index contributed by atoms with van der Waals surface area (Å²) in [6, 6.07) is 0. The average molecular weight is 157 g/mol. The lowest BCUT2D eigenvalue weighted by molar-refractivity contribution is -0.403. The highest BCUT2D eigenvalue weighted by Crippen LogP contribution is 1.92. The topological polar surface area (TPSA) is 52.4 Å². The lowest BCUT2D eigenvalue weighted by Gasteiger charge is -2.02. The van der Waals surface area contributed by atoms with Crippen LogP contribution in [0.4, 0.5) is 0 Å². The van der Waals surface area contributed by atoms with Crippen molar-refractivity contribution in [2.75, 3.05) is 6.61 Å². The molecule has 1 atom stereocenters. The first-order chi connectivity index (χ1) is 5.16. The number of nitro groups is 1. The first kappa shape index (κ1) is 9.84. The molecule has 0 aliphatic carbocycles. The Morgan fingerprint density at radius 2 is 2.45 bits per heavy atom. The SMILES string of the molecule is C=CCOC(C)/C=C/[N+](=O)[O-]. The van der Waals surface area contributed by atoms with E-state index in [1.807, 2.05) is 0 Å². The molecule has 0 radical (unpaired) electrons. The van der Waals surface area contributed by atoms with Crippen molar-refractivity contribution in [1.29, 1.82) is 0 Å². The Labute approximate surface area is 65.3 Å². The van der Waals surface area contributed by atoms with Crippen LogP contribution in [-0.2, 0) is 4.74 Å². The van der Waals surface area contributed by atoms with Crippen LogP contribution in [0.5, 0.6) is 0 Å². The first-order valence-electron chi connectivity index (χ1n) is 3.21. The molecular weight excluding hydrogens is 146 g/mol. The molecule has 1 unspecified atom stereocenters.